The van der Waals surface area contributed by atoms with Crippen LogP contribution in [0.1, 0.15) is 48.7 Å². The SMILES string of the molecule is CC1CCN(C(=O)c2ccc(NC(=O)C(C)C(N)c3ccccc3)cc2)CC1.Cl. The van der Waals surface area contributed by atoms with Gasteiger partial charge in [-0.15, -0.1) is 12.4 Å². The monoisotopic (exact) mass is 415 g/mol. The van der Waals surface area contributed by atoms with E-state index in [1.54, 1.807) is 24.3 Å². The number of carbonyl (C=O) groups is 2. The average molecular weight is 416 g/mol. The molecule has 5 nitrogen and oxygen atoms in total. The largest absolute Gasteiger partial charge is 0.339 e. The van der Waals surface area contributed by atoms with Crippen molar-refractivity contribution in [1.29, 1.82) is 0 Å². The Morgan fingerprint density at radius 2 is 1.62 bits per heavy atom. The average Bonchev–Trinajstić information content (AvgIpc) is 2.74. The number of hydrogen-bond donors (Lipinski definition) is 2. The van der Waals surface area contributed by atoms with Crippen molar-refractivity contribution in [3.05, 3.63) is 65.7 Å². The Morgan fingerprint density at radius 1 is 1.03 bits per heavy atom. The minimum atomic E-state index is -0.376. The zero-order chi connectivity index (χ0) is 20.1. The molecule has 1 aliphatic rings. The molecule has 1 saturated heterocycles. The van der Waals surface area contributed by atoms with Gasteiger partial charge in [0.1, 0.15) is 0 Å². The van der Waals surface area contributed by atoms with Gasteiger partial charge in [-0.2, -0.15) is 0 Å². The summed E-state index contributed by atoms with van der Waals surface area (Å²) < 4.78 is 0. The van der Waals surface area contributed by atoms with E-state index in [1.165, 1.54) is 0 Å². The summed E-state index contributed by atoms with van der Waals surface area (Å²) in [6, 6.07) is 16.3. The number of halogens is 1. The van der Waals surface area contributed by atoms with Crippen molar-refractivity contribution in [2.75, 3.05) is 18.4 Å². The second-order valence-corrected chi connectivity index (χ2v) is 7.77. The molecule has 1 heterocycles. The molecule has 156 valence electrons. The Kier molecular flexibility index (Phi) is 8.23. The van der Waals surface area contributed by atoms with Crippen molar-refractivity contribution in [3.63, 3.8) is 0 Å². The molecule has 3 rings (SSSR count). The van der Waals surface area contributed by atoms with E-state index >= 15 is 0 Å². The summed E-state index contributed by atoms with van der Waals surface area (Å²) in [5.74, 6) is 0.231. The molecular formula is C23H30ClN3O2. The number of hydrogen-bond acceptors (Lipinski definition) is 3. The van der Waals surface area contributed by atoms with Crippen LogP contribution < -0.4 is 11.1 Å². The zero-order valence-corrected chi connectivity index (χ0v) is 17.8. The van der Waals surface area contributed by atoms with E-state index in [1.807, 2.05) is 42.2 Å². The molecule has 2 unspecified atom stereocenters. The number of nitrogens with one attached hydrogen (secondary N) is 1. The highest BCUT2D eigenvalue weighted by atomic mass is 35.5. The molecule has 2 amide bonds. The smallest absolute Gasteiger partial charge is 0.253 e. The van der Waals surface area contributed by atoms with Gasteiger partial charge in [-0.05, 0) is 48.6 Å². The topological polar surface area (TPSA) is 75.4 Å². The number of likely N-dealkylation sites (tertiary alicyclic amines) is 1. The minimum absolute atomic E-state index is 0. The van der Waals surface area contributed by atoms with E-state index in [-0.39, 0.29) is 36.2 Å². The van der Waals surface area contributed by atoms with Crippen molar-refractivity contribution in [2.45, 2.75) is 32.7 Å². The van der Waals surface area contributed by atoms with E-state index in [0.717, 1.165) is 31.5 Å². The Bertz CT molecular complexity index is 803. The fourth-order valence-corrected chi connectivity index (χ4v) is 3.47. The van der Waals surface area contributed by atoms with Gasteiger partial charge in [0, 0.05) is 30.4 Å². The van der Waals surface area contributed by atoms with Crippen LogP contribution in [0.4, 0.5) is 5.69 Å². The lowest BCUT2D eigenvalue weighted by atomic mass is 9.94. The van der Waals surface area contributed by atoms with E-state index < -0.39 is 0 Å². The highest BCUT2D eigenvalue weighted by Crippen LogP contribution is 2.22. The van der Waals surface area contributed by atoms with Crippen LogP contribution in [0.3, 0.4) is 0 Å². The van der Waals surface area contributed by atoms with Crippen LogP contribution >= 0.6 is 12.4 Å². The highest BCUT2D eigenvalue weighted by Gasteiger charge is 2.23. The molecule has 0 radical (unpaired) electrons. The normalized spacial score (nSPS) is 16.4. The van der Waals surface area contributed by atoms with E-state index in [2.05, 4.69) is 12.2 Å². The first-order chi connectivity index (χ1) is 13.5. The van der Waals surface area contributed by atoms with Crippen LogP contribution in [-0.4, -0.2) is 29.8 Å². The van der Waals surface area contributed by atoms with E-state index in [9.17, 15) is 9.59 Å². The second-order valence-electron chi connectivity index (χ2n) is 7.77. The fourth-order valence-electron chi connectivity index (χ4n) is 3.47. The Hall–Kier alpha value is -2.37. The maximum atomic E-state index is 12.6. The van der Waals surface area contributed by atoms with Crippen LogP contribution in [0.15, 0.2) is 54.6 Å². The minimum Gasteiger partial charge on any atom is -0.339 e. The summed E-state index contributed by atoms with van der Waals surface area (Å²) in [7, 11) is 0. The van der Waals surface area contributed by atoms with Crippen molar-refractivity contribution < 1.29 is 9.59 Å². The van der Waals surface area contributed by atoms with E-state index in [4.69, 9.17) is 5.73 Å². The first-order valence-electron chi connectivity index (χ1n) is 9.96. The van der Waals surface area contributed by atoms with Gasteiger partial charge < -0.3 is 16.0 Å². The molecule has 1 aliphatic heterocycles. The van der Waals surface area contributed by atoms with Gasteiger partial charge in [0.25, 0.3) is 5.91 Å². The summed E-state index contributed by atoms with van der Waals surface area (Å²) in [5.41, 5.74) is 8.49. The standard InChI is InChI=1S/C23H29N3O2.ClH/c1-16-12-14-26(15-13-16)23(28)19-8-10-20(11-9-19)25-22(27)17(2)21(24)18-6-4-3-5-7-18;/h3-11,16-17,21H,12-15,24H2,1-2H3,(H,25,27);1H. The summed E-state index contributed by atoms with van der Waals surface area (Å²) in [4.78, 5) is 27.1. The number of piperidine rings is 1. The van der Waals surface area contributed by atoms with Crippen molar-refractivity contribution >= 4 is 29.9 Å². The lowest BCUT2D eigenvalue weighted by Gasteiger charge is -2.30. The molecule has 0 aromatic heterocycles. The second kappa shape index (κ2) is 10.4. The van der Waals surface area contributed by atoms with Gasteiger partial charge in [0.05, 0.1) is 5.92 Å². The molecule has 0 aliphatic carbocycles. The van der Waals surface area contributed by atoms with Crippen LogP contribution in [-0.2, 0) is 4.79 Å². The van der Waals surface area contributed by atoms with Crippen molar-refractivity contribution in [3.8, 4) is 0 Å². The zero-order valence-electron chi connectivity index (χ0n) is 17.0. The first-order valence-corrected chi connectivity index (χ1v) is 9.96. The first kappa shape index (κ1) is 22.9. The third kappa shape index (κ3) is 5.81. The van der Waals surface area contributed by atoms with Gasteiger partial charge in [0.15, 0.2) is 0 Å². The van der Waals surface area contributed by atoms with Crippen LogP contribution in [0.5, 0.6) is 0 Å². The number of rotatable bonds is 5. The third-order valence-corrected chi connectivity index (χ3v) is 5.61. The molecule has 2 atom stereocenters. The fraction of sp³-hybridized carbons (Fsp3) is 0.391. The predicted octanol–water partition coefficient (Wildman–Crippen LogP) is 4.26. The highest BCUT2D eigenvalue weighted by molar-refractivity contribution is 5.96. The number of carbonyl (C=O) groups excluding carboxylic acids is 2. The summed E-state index contributed by atoms with van der Waals surface area (Å²) in [6.45, 7) is 5.67. The Labute approximate surface area is 179 Å². The van der Waals surface area contributed by atoms with Crippen molar-refractivity contribution in [2.24, 2.45) is 17.6 Å². The quantitative estimate of drug-likeness (QED) is 0.766. The number of nitrogens with two attached hydrogens (primary N) is 1. The van der Waals surface area contributed by atoms with Gasteiger partial charge in [-0.25, -0.2) is 0 Å². The van der Waals surface area contributed by atoms with Crippen molar-refractivity contribution in [1.82, 2.24) is 4.90 Å². The Balaban J connectivity index is 0.00000300. The lowest BCUT2D eigenvalue weighted by Crippen LogP contribution is -2.37. The molecule has 2 aromatic carbocycles. The molecule has 29 heavy (non-hydrogen) atoms. The summed E-state index contributed by atoms with van der Waals surface area (Å²) in [5, 5.41) is 2.90. The predicted molar refractivity (Wildman–Crippen MR) is 119 cm³/mol. The summed E-state index contributed by atoms with van der Waals surface area (Å²) in [6.07, 6.45) is 2.11. The van der Waals surface area contributed by atoms with Gasteiger partial charge >= 0.3 is 0 Å². The number of nitrogens with zero attached hydrogens (tertiary/aromatic N) is 1. The maximum Gasteiger partial charge on any atom is 0.253 e. The molecule has 0 saturated carbocycles. The molecule has 3 N–H and O–H groups in total. The number of amides is 2. The third-order valence-electron chi connectivity index (χ3n) is 5.61. The van der Waals surface area contributed by atoms with Gasteiger partial charge in [-0.1, -0.05) is 44.2 Å². The summed E-state index contributed by atoms with van der Waals surface area (Å²) >= 11 is 0. The molecular weight excluding hydrogens is 386 g/mol. The molecule has 0 bridgehead atoms. The number of benzene rings is 2. The molecule has 1 fully saturated rings. The van der Waals surface area contributed by atoms with Crippen LogP contribution in [0, 0.1) is 11.8 Å². The maximum absolute atomic E-state index is 12.6. The van der Waals surface area contributed by atoms with Crippen LogP contribution in [0.2, 0.25) is 0 Å². The van der Waals surface area contributed by atoms with E-state index in [0.29, 0.717) is 17.2 Å². The number of anilines is 1. The van der Waals surface area contributed by atoms with Gasteiger partial charge in [0.2, 0.25) is 5.91 Å². The molecule has 6 heteroatoms. The molecule has 2 aromatic rings. The Morgan fingerprint density at radius 3 is 2.21 bits per heavy atom. The van der Waals surface area contributed by atoms with Crippen LogP contribution in [0.25, 0.3) is 0 Å². The van der Waals surface area contributed by atoms with Gasteiger partial charge in [-0.3, -0.25) is 9.59 Å². The molecule has 0 spiro atoms. The lowest BCUT2D eigenvalue weighted by molar-refractivity contribution is -0.120.